The summed E-state index contributed by atoms with van der Waals surface area (Å²) in [7, 11) is 0. The van der Waals surface area contributed by atoms with Gasteiger partial charge >= 0.3 is 5.97 Å². The van der Waals surface area contributed by atoms with Crippen LogP contribution in [0.1, 0.15) is 44.6 Å². The SMILES string of the molecule is CC(C)(C(=O)O)C1CN(C2CCC2)c2ccccc21. The third kappa shape index (κ3) is 1.83. The number of fused-ring (bicyclic) bond motifs is 1. The molecule has 102 valence electrons. The molecule has 1 aromatic rings. The lowest BCUT2D eigenvalue weighted by Gasteiger charge is -2.37. The molecule has 0 radical (unpaired) electrons. The molecule has 1 N–H and O–H groups in total. The molecule has 0 bridgehead atoms. The van der Waals surface area contributed by atoms with Crippen LogP contribution in [-0.2, 0) is 4.79 Å². The Morgan fingerprint density at radius 1 is 1.32 bits per heavy atom. The number of anilines is 1. The highest BCUT2D eigenvalue weighted by atomic mass is 16.4. The first-order chi connectivity index (χ1) is 9.01. The number of rotatable bonds is 3. The second kappa shape index (κ2) is 4.26. The lowest BCUT2D eigenvalue weighted by atomic mass is 9.76. The van der Waals surface area contributed by atoms with Crippen LogP contribution in [0.15, 0.2) is 24.3 Å². The average molecular weight is 259 g/mol. The molecule has 3 nitrogen and oxygen atoms in total. The first-order valence-corrected chi connectivity index (χ1v) is 7.11. The summed E-state index contributed by atoms with van der Waals surface area (Å²) in [6.45, 7) is 4.55. The van der Waals surface area contributed by atoms with Gasteiger partial charge in [0.05, 0.1) is 5.41 Å². The van der Waals surface area contributed by atoms with Gasteiger partial charge in [-0.25, -0.2) is 0 Å². The van der Waals surface area contributed by atoms with Crippen molar-refractivity contribution < 1.29 is 9.90 Å². The van der Waals surface area contributed by atoms with Crippen LogP contribution in [0.3, 0.4) is 0 Å². The van der Waals surface area contributed by atoms with Crippen molar-refractivity contribution in [2.24, 2.45) is 5.41 Å². The average Bonchev–Trinajstić information content (AvgIpc) is 2.67. The molecule has 0 amide bonds. The summed E-state index contributed by atoms with van der Waals surface area (Å²) in [5.41, 5.74) is 1.75. The van der Waals surface area contributed by atoms with E-state index in [4.69, 9.17) is 0 Å². The minimum absolute atomic E-state index is 0.0850. The maximum absolute atomic E-state index is 11.6. The van der Waals surface area contributed by atoms with Gasteiger partial charge in [0.2, 0.25) is 0 Å². The van der Waals surface area contributed by atoms with E-state index in [0.29, 0.717) is 6.04 Å². The van der Waals surface area contributed by atoms with Gasteiger partial charge in [0.25, 0.3) is 0 Å². The standard InChI is InChI=1S/C16H21NO2/c1-16(2,15(18)19)13-10-17(11-6-5-7-11)14-9-4-3-8-12(13)14/h3-4,8-9,11,13H,5-7,10H2,1-2H3,(H,18,19). The number of carboxylic acids is 1. The molecule has 0 aromatic heterocycles. The van der Waals surface area contributed by atoms with Gasteiger partial charge in [-0.3, -0.25) is 4.79 Å². The van der Waals surface area contributed by atoms with Crippen LogP contribution >= 0.6 is 0 Å². The quantitative estimate of drug-likeness (QED) is 0.905. The van der Waals surface area contributed by atoms with Gasteiger partial charge in [0, 0.05) is 24.2 Å². The molecule has 1 atom stereocenters. The van der Waals surface area contributed by atoms with Crippen LogP contribution in [0.2, 0.25) is 0 Å². The fraction of sp³-hybridized carbons (Fsp3) is 0.562. The lowest BCUT2D eigenvalue weighted by molar-refractivity contribution is -0.148. The second-order valence-corrected chi connectivity index (χ2v) is 6.38. The van der Waals surface area contributed by atoms with Crippen LogP contribution in [0.5, 0.6) is 0 Å². The number of hydrogen-bond acceptors (Lipinski definition) is 2. The molecule has 1 aliphatic heterocycles. The highest BCUT2D eigenvalue weighted by Gasteiger charge is 2.45. The normalized spacial score (nSPS) is 23.1. The molecule has 3 rings (SSSR count). The highest BCUT2D eigenvalue weighted by molar-refractivity contribution is 5.77. The Hall–Kier alpha value is -1.51. The largest absolute Gasteiger partial charge is 0.481 e. The molecular formula is C16H21NO2. The number of carbonyl (C=O) groups is 1. The van der Waals surface area contributed by atoms with Gasteiger partial charge in [-0.2, -0.15) is 0 Å². The Kier molecular flexibility index (Phi) is 2.80. The summed E-state index contributed by atoms with van der Waals surface area (Å²) in [4.78, 5) is 14.0. The minimum atomic E-state index is -0.714. The van der Waals surface area contributed by atoms with Gasteiger partial charge in [-0.1, -0.05) is 18.2 Å². The van der Waals surface area contributed by atoms with Crippen LogP contribution in [-0.4, -0.2) is 23.7 Å². The van der Waals surface area contributed by atoms with Crippen molar-refractivity contribution in [2.75, 3.05) is 11.4 Å². The number of benzene rings is 1. The van der Waals surface area contributed by atoms with Crippen molar-refractivity contribution in [1.82, 2.24) is 0 Å². The van der Waals surface area contributed by atoms with Gasteiger partial charge < -0.3 is 10.0 Å². The van der Waals surface area contributed by atoms with E-state index in [0.717, 1.165) is 6.54 Å². The summed E-state index contributed by atoms with van der Waals surface area (Å²) in [5.74, 6) is -0.621. The first-order valence-electron chi connectivity index (χ1n) is 7.11. The van der Waals surface area contributed by atoms with Crippen LogP contribution in [0.25, 0.3) is 0 Å². The molecule has 19 heavy (non-hydrogen) atoms. The van der Waals surface area contributed by atoms with Crippen LogP contribution in [0, 0.1) is 5.41 Å². The first kappa shape index (κ1) is 12.5. The van der Waals surface area contributed by atoms with Gasteiger partial charge in [-0.05, 0) is 44.7 Å². The fourth-order valence-electron chi connectivity index (χ4n) is 3.25. The van der Waals surface area contributed by atoms with Crippen molar-refractivity contribution >= 4 is 11.7 Å². The fourth-order valence-corrected chi connectivity index (χ4v) is 3.25. The Morgan fingerprint density at radius 3 is 2.58 bits per heavy atom. The molecule has 1 saturated carbocycles. The van der Waals surface area contributed by atoms with E-state index in [2.05, 4.69) is 23.1 Å². The molecule has 2 aliphatic rings. The zero-order valence-corrected chi connectivity index (χ0v) is 11.6. The minimum Gasteiger partial charge on any atom is -0.481 e. The van der Waals surface area contributed by atoms with Crippen LogP contribution < -0.4 is 4.90 Å². The molecule has 3 heteroatoms. The number of carboxylic acid groups (broad SMARTS) is 1. The molecule has 1 aromatic carbocycles. The summed E-state index contributed by atoms with van der Waals surface area (Å²) < 4.78 is 0. The topological polar surface area (TPSA) is 40.5 Å². The molecule has 0 spiro atoms. The monoisotopic (exact) mass is 259 g/mol. The zero-order valence-electron chi connectivity index (χ0n) is 11.6. The van der Waals surface area contributed by atoms with E-state index >= 15 is 0 Å². The predicted octanol–water partition coefficient (Wildman–Crippen LogP) is 3.25. The van der Waals surface area contributed by atoms with E-state index in [9.17, 15) is 9.90 Å². The Morgan fingerprint density at radius 2 is 2.00 bits per heavy atom. The van der Waals surface area contributed by atoms with E-state index < -0.39 is 11.4 Å². The summed E-state index contributed by atoms with van der Waals surface area (Å²) in [5, 5.41) is 9.50. The lowest BCUT2D eigenvalue weighted by Crippen LogP contribution is -2.42. The molecule has 1 aliphatic carbocycles. The van der Waals surface area contributed by atoms with E-state index in [-0.39, 0.29) is 5.92 Å². The number of nitrogens with zero attached hydrogens (tertiary/aromatic N) is 1. The van der Waals surface area contributed by atoms with Gasteiger partial charge in [-0.15, -0.1) is 0 Å². The molecule has 1 heterocycles. The molecule has 1 fully saturated rings. The zero-order chi connectivity index (χ0) is 13.6. The van der Waals surface area contributed by atoms with Crippen molar-refractivity contribution in [3.63, 3.8) is 0 Å². The summed E-state index contributed by atoms with van der Waals surface area (Å²) in [6, 6.07) is 8.94. The van der Waals surface area contributed by atoms with Gasteiger partial charge in [0.15, 0.2) is 0 Å². The molecule has 1 unspecified atom stereocenters. The smallest absolute Gasteiger partial charge is 0.309 e. The second-order valence-electron chi connectivity index (χ2n) is 6.38. The van der Waals surface area contributed by atoms with Crippen molar-refractivity contribution in [3.05, 3.63) is 29.8 Å². The van der Waals surface area contributed by atoms with Crippen molar-refractivity contribution in [3.8, 4) is 0 Å². The maximum Gasteiger partial charge on any atom is 0.309 e. The third-order valence-corrected chi connectivity index (χ3v) is 4.94. The summed E-state index contributed by atoms with van der Waals surface area (Å²) in [6.07, 6.45) is 3.79. The number of para-hydroxylation sites is 1. The molecular weight excluding hydrogens is 238 g/mol. The van der Waals surface area contributed by atoms with E-state index in [1.54, 1.807) is 0 Å². The Labute approximate surface area is 114 Å². The summed E-state index contributed by atoms with van der Waals surface area (Å²) >= 11 is 0. The highest BCUT2D eigenvalue weighted by Crippen LogP contribution is 2.48. The maximum atomic E-state index is 11.6. The van der Waals surface area contributed by atoms with E-state index in [1.165, 1.54) is 30.5 Å². The van der Waals surface area contributed by atoms with Gasteiger partial charge in [0.1, 0.15) is 0 Å². The number of aliphatic carboxylic acids is 1. The van der Waals surface area contributed by atoms with Crippen molar-refractivity contribution in [1.29, 1.82) is 0 Å². The van der Waals surface area contributed by atoms with E-state index in [1.807, 2.05) is 19.9 Å². The molecule has 0 saturated heterocycles. The predicted molar refractivity (Wildman–Crippen MR) is 75.6 cm³/mol. The third-order valence-electron chi connectivity index (χ3n) is 4.94. The Bertz CT molecular complexity index is 505. The van der Waals surface area contributed by atoms with Crippen LogP contribution in [0.4, 0.5) is 5.69 Å². The Balaban J connectivity index is 1.98. The number of hydrogen-bond donors (Lipinski definition) is 1. The van der Waals surface area contributed by atoms with Crippen molar-refractivity contribution in [2.45, 2.75) is 45.1 Å².